The van der Waals surface area contributed by atoms with Gasteiger partial charge in [0.1, 0.15) is 11.0 Å². The Labute approximate surface area is 91.4 Å². The van der Waals surface area contributed by atoms with Gasteiger partial charge in [0.25, 0.3) is 0 Å². The first kappa shape index (κ1) is 11.9. The largest absolute Gasteiger partial charge is 0.567 e. The van der Waals surface area contributed by atoms with Gasteiger partial charge in [-0.2, -0.15) is 9.68 Å². The zero-order valence-electron chi connectivity index (χ0n) is 7.78. The molecule has 0 saturated carbocycles. The van der Waals surface area contributed by atoms with E-state index < -0.39 is 6.16 Å². The number of nitrogens with zero attached hydrogens (tertiary/aromatic N) is 3. The van der Waals surface area contributed by atoms with Crippen LogP contribution in [-0.4, -0.2) is 28.4 Å². The number of hydrogen-bond acceptors (Lipinski definition) is 6. The van der Waals surface area contributed by atoms with Crippen LogP contribution >= 0.6 is 0 Å². The second-order valence-electron chi connectivity index (χ2n) is 2.54. The summed E-state index contributed by atoms with van der Waals surface area (Å²) in [5.41, 5.74) is 1.17. The fourth-order valence-electron chi connectivity index (χ4n) is 1.07. The zero-order chi connectivity index (χ0) is 10.7. The summed E-state index contributed by atoms with van der Waals surface area (Å²) in [6, 6.07) is 7.02. The minimum Gasteiger partial charge on any atom is -0.279 e. The lowest BCUT2D eigenvalue weighted by Gasteiger charge is -2.00. The third-order valence-corrected chi connectivity index (χ3v) is 1.63. The van der Waals surface area contributed by atoms with Crippen molar-refractivity contribution in [3.05, 3.63) is 24.3 Å². The summed E-state index contributed by atoms with van der Waals surface area (Å²) in [7, 11) is 1.20. The lowest BCUT2D eigenvalue weighted by Crippen LogP contribution is -2.21. The molecule has 2 rings (SSSR count). The first-order chi connectivity index (χ1) is 7.31. The van der Waals surface area contributed by atoms with Crippen molar-refractivity contribution in [3.8, 4) is 0 Å². The van der Waals surface area contributed by atoms with Crippen molar-refractivity contribution >= 4 is 17.2 Å². The highest BCUT2D eigenvalue weighted by Crippen LogP contribution is 2.07. The summed E-state index contributed by atoms with van der Waals surface area (Å²) in [5, 5.41) is 7.38. The van der Waals surface area contributed by atoms with Gasteiger partial charge >= 0.3 is 6.16 Å². The molecule has 7 heteroatoms. The van der Waals surface area contributed by atoms with Crippen LogP contribution < -0.4 is 4.84 Å². The molecule has 0 atom stereocenters. The molecule has 0 bridgehead atoms. The number of carbonyl (C=O) groups is 1. The van der Waals surface area contributed by atoms with Crippen molar-refractivity contribution < 1.29 is 19.4 Å². The van der Waals surface area contributed by atoms with Crippen molar-refractivity contribution in [2.75, 3.05) is 7.11 Å². The van der Waals surface area contributed by atoms with Crippen LogP contribution in [0.15, 0.2) is 24.3 Å². The van der Waals surface area contributed by atoms with Crippen LogP contribution in [0.2, 0.25) is 0 Å². The maximum Gasteiger partial charge on any atom is 0.567 e. The Morgan fingerprint density at radius 1 is 1.38 bits per heavy atom. The van der Waals surface area contributed by atoms with Gasteiger partial charge in [0.05, 0.1) is 7.11 Å². The molecule has 0 spiro atoms. The highest BCUT2D eigenvalue weighted by molar-refractivity contribution is 5.74. The molecule has 0 radical (unpaired) electrons. The number of benzene rings is 1. The molecule has 0 aliphatic heterocycles. The summed E-state index contributed by atoms with van der Waals surface area (Å²) in [5.74, 6) is 0. The predicted molar refractivity (Wildman–Crippen MR) is 54.3 cm³/mol. The van der Waals surface area contributed by atoms with E-state index in [1.54, 1.807) is 24.3 Å². The predicted octanol–water partition coefficient (Wildman–Crippen LogP) is 1.19. The molecule has 7 nitrogen and oxygen atoms in total. The maximum absolute atomic E-state index is 10.9. The molecule has 1 aromatic heterocycles. The van der Waals surface area contributed by atoms with Crippen LogP contribution in [-0.2, 0) is 9.78 Å². The second kappa shape index (κ2) is 5.08. The average Bonchev–Trinajstić information content (AvgIpc) is 2.62. The van der Waals surface area contributed by atoms with E-state index in [1.165, 1.54) is 7.11 Å². The highest BCUT2D eigenvalue weighted by atomic mass is 17.2. The van der Waals surface area contributed by atoms with Crippen LogP contribution in [0, 0.1) is 0 Å². The molecular weight excluding hydrogens is 214 g/mol. The minimum atomic E-state index is -1.02. The summed E-state index contributed by atoms with van der Waals surface area (Å²) >= 11 is 0. The van der Waals surface area contributed by atoms with E-state index in [9.17, 15) is 4.79 Å². The molecule has 86 valence electrons. The van der Waals surface area contributed by atoms with Crippen molar-refractivity contribution in [3.63, 3.8) is 0 Å². The normalized spacial score (nSPS) is 9.56. The quantitative estimate of drug-likeness (QED) is 0.434. The Morgan fingerprint density at radius 3 is 2.88 bits per heavy atom. The average molecular weight is 225 g/mol. The van der Waals surface area contributed by atoms with E-state index >= 15 is 0 Å². The molecule has 0 unspecified atom stereocenters. The van der Waals surface area contributed by atoms with Crippen LogP contribution in [0.5, 0.6) is 0 Å². The molecule has 2 aromatic rings. The molecule has 16 heavy (non-hydrogen) atoms. The van der Waals surface area contributed by atoms with Gasteiger partial charge in [-0.05, 0) is 17.3 Å². The van der Waals surface area contributed by atoms with E-state index in [2.05, 4.69) is 24.9 Å². The standard InChI is InChI=1S/C8H7N3O4.CH4/c1-13-15-8(12)14-11-7-5-3-2-4-6(7)9-10-11;/h2-5H,1H3;1H4. The summed E-state index contributed by atoms with van der Waals surface area (Å²) in [6.45, 7) is 0. The van der Waals surface area contributed by atoms with Crippen LogP contribution in [0.1, 0.15) is 7.43 Å². The van der Waals surface area contributed by atoms with E-state index in [4.69, 9.17) is 0 Å². The first-order valence-electron chi connectivity index (χ1n) is 4.04. The van der Waals surface area contributed by atoms with Gasteiger partial charge in [-0.3, -0.25) is 9.73 Å². The molecule has 1 heterocycles. The van der Waals surface area contributed by atoms with Crippen LogP contribution in [0.25, 0.3) is 11.0 Å². The van der Waals surface area contributed by atoms with Gasteiger partial charge in [-0.15, -0.1) is 5.10 Å². The maximum atomic E-state index is 10.9. The third-order valence-electron chi connectivity index (χ3n) is 1.63. The first-order valence-corrected chi connectivity index (χ1v) is 4.04. The van der Waals surface area contributed by atoms with Gasteiger partial charge in [0.15, 0.2) is 0 Å². The number of fused-ring (bicyclic) bond motifs is 1. The van der Waals surface area contributed by atoms with Crippen molar-refractivity contribution in [2.24, 2.45) is 0 Å². The fraction of sp³-hybridized carbons (Fsp3) is 0.222. The number of hydrogen-bond donors (Lipinski definition) is 0. The Hall–Kier alpha value is -2.15. The van der Waals surface area contributed by atoms with Crippen molar-refractivity contribution in [2.45, 2.75) is 7.43 Å². The molecule has 0 amide bonds. The number of aromatic nitrogens is 3. The topological polar surface area (TPSA) is 75.5 Å². The van der Waals surface area contributed by atoms with E-state index in [-0.39, 0.29) is 7.43 Å². The summed E-state index contributed by atoms with van der Waals surface area (Å²) in [4.78, 5) is 24.8. The Morgan fingerprint density at radius 2 is 2.12 bits per heavy atom. The molecule has 0 saturated heterocycles. The van der Waals surface area contributed by atoms with Crippen LogP contribution in [0.3, 0.4) is 0 Å². The van der Waals surface area contributed by atoms with Gasteiger partial charge in [0.2, 0.25) is 0 Å². The minimum absolute atomic E-state index is 0. The van der Waals surface area contributed by atoms with E-state index in [0.29, 0.717) is 11.0 Å². The van der Waals surface area contributed by atoms with Gasteiger partial charge in [-0.25, -0.2) is 0 Å². The number of para-hydroxylation sites is 1. The molecule has 1 aromatic carbocycles. The molecular formula is C9H11N3O4. The van der Waals surface area contributed by atoms with Crippen LogP contribution in [0.4, 0.5) is 4.79 Å². The summed E-state index contributed by atoms with van der Waals surface area (Å²) in [6.07, 6.45) is -1.02. The number of carbonyl (C=O) groups excluding carboxylic acids is 1. The lowest BCUT2D eigenvalue weighted by molar-refractivity contribution is -0.232. The van der Waals surface area contributed by atoms with Gasteiger partial charge in [-0.1, -0.05) is 24.4 Å². The second-order valence-corrected chi connectivity index (χ2v) is 2.54. The fourth-order valence-corrected chi connectivity index (χ4v) is 1.07. The van der Waals surface area contributed by atoms with Crippen molar-refractivity contribution in [1.82, 2.24) is 15.2 Å². The Bertz CT molecular complexity index is 482. The third kappa shape index (κ3) is 2.26. The Kier molecular flexibility index (Phi) is 3.78. The SMILES string of the molecule is C.COOC(=O)On1nnc2ccccc21. The molecule has 0 fully saturated rings. The Balaban J connectivity index is 0.00000128. The summed E-state index contributed by atoms with van der Waals surface area (Å²) < 4.78 is 0. The highest BCUT2D eigenvalue weighted by Gasteiger charge is 2.10. The zero-order valence-corrected chi connectivity index (χ0v) is 7.78. The van der Waals surface area contributed by atoms with Crippen molar-refractivity contribution in [1.29, 1.82) is 0 Å². The van der Waals surface area contributed by atoms with E-state index in [1.807, 2.05) is 0 Å². The lowest BCUT2D eigenvalue weighted by atomic mass is 10.3. The smallest absolute Gasteiger partial charge is 0.279 e. The van der Waals surface area contributed by atoms with Gasteiger partial charge < -0.3 is 0 Å². The van der Waals surface area contributed by atoms with Gasteiger partial charge in [0, 0.05) is 0 Å². The molecule has 0 N–H and O–H groups in total. The monoisotopic (exact) mass is 225 g/mol. The van der Waals surface area contributed by atoms with E-state index in [0.717, 1.165) is 4.85 Å². The number of rotatable bonds is 2. The molecule has 0 aliphatic carbocycles. The molecule has 0 aliphatic rings.